The van der Waals surface area contributed by atoms with Gasteiger partial charge in [0.25, 0.3) is 17.9 Å². The number of carbonyl (C=O) groups excluding carboxylic acids is 6. The van der Waals surface area contributed by atoms with Crippen LogP contribution in [0.2, 0.25) is 0 Å². The van der Waals surface area contributed by atoms with Crippen molar-refractivity contribution >= 4 is 54.2 Å². The first-order chi connectivity index (χ1) is 21.5. The first-order valence-corrected chi connectivity index (χ1v) is 14.9. The van der Waals surface area contributed by atoms with E-state index in [2.05, 4.69) is 24.2 Å². The standard InChI is InChI=1S/C23H31N5O5.C6H10BO6.Na/c1-23(2,3)33-22(32)27-12-10-26(11-13-27)14-15-6-5-7-16-19(15)25(4)21(31)28(16)17-8-9-18(29)24-20(17)30;1-4(8)11-7(12-5(2)9)13-6(3)10;/h5-7,17H,8-14H2,1-4H3,(H,24,29,30);7H,1-3H3;/q;-1;+1. The molecule has 0 spiro atoms. The van der Waals surface area contributed by atoms with Gasteiger partial charge in [-0.1, -0.05) is 12.1 Å². The maximum atomic E-state index is 13.1. The van der Waals surface area contributed by atoms with Gasteiger partial charge in [0.2, 0.25) is 11.8 Å². The number of para-hydroxylation sites is 1. The minimum Gasteiger partial charge on any atom is -0.625 e. The number of benzene rings is 1. The van der Waals surface area contributed by atoms with Crippen molar-refractivity contribution < 1.29 is 77.0 Å². The molecule has 1 atom stereocenters. The zero-order chi connectivity index (χ0) is 34.3. The third-order valence-corrected chi connectivity index (χ3v) is 7.09. The molecule has 0 saturated carbocycles. The number of nitrogens with one attached hydrogen (secondary N) is 1. The molecule has 2 saturated heterocycles. The van der Waals surface area contributed by atoms with Gasteiger partial charge in [0, 0.05) is 67.0 Å². The molecule has 2 aliphatic heterocycles. The van der Waals surface area contributed by atoms with Crippen LogP contribution < -0.4 is 40.6 Å². The smallest absolute Gasteiger partial charge is 0.625 e. The molecule has 1 aromatic heterocycles. The van der Waals surface area contributed by atoms with E-state index >= 15 is 0 Å². The van der Waals surface area contributed by atoms with Crippen LogP contribution in [0.15, 0.2) is 23.0 Å². The van der Waals surface area contributed by atoms with E-state index in [1.807, 2.05) is 39.0 Å². The monoisotopic (exact) mass is 669 g/mol. The predicted octanol–water partition coefficient (Wildman–Crippen LogP) is -2.23. The van der Waals surface area contributed by atoms with Gasteiger partial charge in [-0.25, -0.2) is 9.59 Å². The summed E-state index contributed by atoms with van der Waals surface area (Å²) in [7, 11) is -0.704. The largest absolute Gasteiger partial charge is 1.00 e. The Labute approximate surface area is 294 Å². The summed E-state index contributed by atoms with van der Waals surface area (Å²) >= 11 is 0. The van der Waals surface area contributed by atoms with E-state index < -0.39 is 42.8 Å². The van der Waals surface area contributed by atoms with E-state index in [1.165, 1.54) is 4.57 Å². The molecule has 1 aromatic carbocycles. The van der Waals surface area contributed by atoms with Crippen molar-refractivity contribution in [2.24, 2.45) is 7.05 Å². The van der Waals surface area contributed by atoms with Gasteiger partial charge in [0.05, 0.1) is 11.0 Å². The number of hydrogen-bond donors (Lipinski definition) is 1. The van der Waals surface area contributed by atoms with Crippen LogP contribution in [0.3, 0.4) is 0 Å². The van der Waals surface area contributed by atoms with Crippen LogP contribution in [0.25, 0.3) is 11.0 Å². The maximum Gasteiger partial charge on any atom is 1.00 e. The number of piperazine rings is 1. The Morgan fingerprint density at radius 1 is 0.915 bits per heavy atom. The minimum atomic E-state index is -2.41. The molecule has 2 fully saturated rings. The minimum absolute atomic E-state index is 0. The van der Waals surface area contributed by atoms with Crippen LogP contribution in [-0.4, -0.2) is 93.9 Å². The molecule has 0 radical (unpaired) electrons. The first kappa shape index (κ1) is 39.5. The van der Waals surface area contributed by atoms with E-state index in [9.17, 15) is 33.6 Å². The number of nitrogens with zero attached hydrogens (tertiary/aromatic N) is 4. The number of aryl methyl sites for hydroxylation is 1. The van der Waals surface area contributed by atoms with Crippen LogP contribution in [0.4, 0.5) is 4.79 Å². The van der Waals surface area contributed by atoms with Crippen LogP contribution >= 0.6 is 0 Å². The Morgan fingerprint density at radius 2 is 1.47 bits per heavy atom. The fraction of sp³-hybridized carbons (Fsp3) is 0.552. The van der Waals surface area contributed by atoms with E-state index in [0.717, 1.165) is 31.9 Å². The van der Waals surface area contributed by atoms with Gasteiger partial charge in [-0.2, -0.15) is 0 Å². The Balaban J connectivity index is 0.000000468. The number of fused-ring (bicyclic) bond motifs is 1. The summed E-state index contributed by atoms with van der Waals surface area (Å²) in [5.74, 6) is -2.78. The van der Waals surface area contributed by atoms with Crippen LogP contribution in [-0.2, 0) is 56.3 Å². The molecule has 3 heterocycles. The molecule has 252 valence electrons. The second-order valence-electron chi connectivity index (χ2n) is 12.0. The van der Waals surface area contributed by atoms with Gasteiger partial charge in [0.1, 0.15) is 11.6 Å². The van der Waals surface area contributed by atoms with Crippen molar-refractivity contribution in [2.45, 2.75) is 72.6 Å². The van der Waals surface area contributed by atoms with Crippen molar-refractivity contribution in [2.75, 3.05) is 26.2 Å². The van der Waals surface area contributed by atoms with Crippen molar-refractivity contribution in [1.29, 1.82) is 0 Å². The molecular formula is C29H41BN5NaO11. The van der Waals surface area contributed by atoms with E-state index in [4.69, 9.17) is 4.74 Å². The molecule has 2 aromatic rings. The number of imide groups is 1. The molecule has 47 heavy (non-hydrogen) atoms. The molecule has 4 rings (SSSR count). The van der Waals surface area contributed by atoms with Gasteiger partial charge < -0.3 is 23.6 Å². The molecule has 2 aliphatic rings. The fourth-order valence-electron chi connectivity index (χ4n) is 5.12. The number of amides is 3. The zero-order valence-electron chi connectivity index (χ0n) is 28.2. The molecule has 1 N–H and O–H groups in total. The zero-order valence-corrected chi connectivity index (χ0v) is 30.2. The third kappa shape index (κ3) is 11.2. The van der Waals surface area contributed by atoms with Gasteiger partial charge in [0.15, 0.2) is 0 Å². The summed E-state index contributed by atoms with van der Waals surface area (Å²) in [5, 5.41) is 2.34. The molecule has 3 amide bonds. The van der Waals surface area contributed by atoms with Gasteiger partial charge >= 0.3 is 48.7 Å². The van der Waals surface area contributed by atoms with Crippen molar-refractivity contribution in [3.8, 4) is 0 Å². The molecule has 0 aliphatic carbocycles. The Hall–Kier alpha value is -3.67. The van der Waals surface area contributed by atoms with E-state index in [0.29, 0.717) is 44.7 Å². The number of ether oxygens (including phenoxy) is 1. The molecule has 18 heteroatoms. The number of aromatic nitrogens is 2. The quantitative estimate of drug-likeness (QED) is 0.258. The maximum absolute atomic E-state index is 13.1. The van der Waals surface area contributed by atoms with Gasteiger partial charge in [-0.3, -0.25) is 43.3 Å². The van der Waals surface area contributed by atoms with Crippen LogP contribution in [0.5, 0.6) is 0 Å². The summed E-state index contributed by atoms with van der Waals surface area (Å²) in [6.07, 6.45) is 0.217. The number of piperidine rings is 1. The Kier molecular flexibility index (Phi) is 14.2. The number of hydrogen-bond acceptors (Lipinski definition) is 12. The van der Waals surface area contributed by atoms with E-state index in [1.54, 1.807) is 16.5 Å². The van der Waals surface area contributed by atoms with Crippen LogP contribution in [0.1, 0.15) is 66.0 Å². The second kappa shape index (κ2) is 16.9. The SMILES string of the molecule is CC(=O)O[BH-](OC(C)=O)OC(C)=O.Cn1c(=O)n(C2CCC(=O)NC2=O)c2cccc(CN3CCN(C(=O)OC(C)(C)C)CC3)c21.[Na+]. The van der Waals surface area contributed by atoms with Crippen LogP contribution in [0, 0.1) is 0 Å². The van der Waals surface area contributed by atoms with E-state index in [-0.39, 0.29) is 53.7 Å². The normalized spacial score (nSPS) is 16.8. The second-order valence-corrected chi connectivity index (χ2v) is 12.0. The summed E-state index contributed by atoms with van der Waals surface area (Å²) < 4.78 is 21.8. The Morgan fingerprint density at radius 3 is 1.96 bits per heavy atom. The summed E-state index contributed by atoms with van der Waals surface area (Å²) in [4.78, 5) is 84.6. The average Bonchev–Trinajstić information content (AvgIpc) is 3.18. The number of carbonyl (C=O) groups is 6. The summed E-state index contributed by atoms with van der Waals surface area (Å²) in [6.45, 7) is 12.1. The fourth-order valence-corrected chi connectivity index (χ4v) is 5.12. The predicted molar refractivity (Wildman–Crippen MR) is 164 cm³/mol. The summed E-state index contributed by atoms with van der Waals surface area (Å²) in [6, 6.07) is 5.00. The first-order valence-electron chi connectivity index (χ1n) is 14.9. The molecule has 0 bridgehead atoms. The van der Waals surface area contributed by atoms with Crippen molar-refractivity contribution in [3.63, 3.8) is 0 Å². The Bertz CT molecular complexity index is 1520. The average molecular weight is 669 g/mol. The van der Waals surface area contributed by atoms with Gasteiger partial charge in [-0.05, 0) is 38.8 Å². The van der Waals surface area contributed by atoms with Crippen molar-refractivity contribution in [3.05, 3.63) is 34.2 Å². The van der Waals surface area contributed by atoms with Gasteiger partial charge in [-0.15, -0.1) is 0 Å². The number of imidazole rings is 1. The number of rotatable bonds is 6. The molecule has 16 nitrogen and oxygen atoms in total. The topological polar surface area (TPSA) is 185 Å². The van der Waals surface area contributed by atoms with Crippen molar-refractivity contribution in [1.82, 2.24) is 24.3 Å². The molecular weight excluding hydrogens is 628 g/mol. The third-order valence-electron chi connectivity index (χ3n) is 7.09. The summed E-state index contributed by atoms with van der Waals surface area (Å²) in [5.41, 5.74) is 1.64. The molecule has 1 unspecified atom stereocenters.